The molecule has 1 aliphatic rings. The Balaban J connectivity index is 1.72. The highest BCUT2D eigenvalue weighted by Crippen LogP contribution is 2.38. The summed E-state index contributed by atoms with van der Waals surface area (Å²) in [5.41, 5.74) is 1.05. The Morgan fingerprint density at radius 3 is 1.96 bits per heavy atom. The number of methoxy groups -OCH3 is 1. The van der Waals surface area contributed by atoms with Gasteiger partial charge in [0.15, 0.2) is 19.9 Å². The first-order chi connectivity index (χ1) is 21.4. The van der Waals surface area contributed by atoms with Crippen molar-refractivity contribution in [3.63, 3.8) is 0 Å². The SMILES string of the molecule is CO[C@@H](CC(=O)C[C@H]1OC(C)(C)O[C@@H]1CO[Si](C)(C)C(C)(C)C)[C@@H](OCc1ccccc1)C(=O)C(C)(C)COCc1ccccc1. The average molecular weight is 657 g/mol. The van der Waals surface area contributed by atoms with E-state index in [4.69, 9.17) is 28.1 Å². The molecule has 2 aromatic rings. The van der Waals surface area contributed by atoms with E-state index in [1.807, 2.05) is 88.4 Å². The predicted molar refractivity (Wildman–Crippen MR) is 182 cm³/mol. The first kappa shape index (κ1) is 38.2. The van der Waals surface area contributed by atoms with E-state index in [1.165, 1.54) is 7.11 Å². The maximum atomic E-state index is 14.1. The second-order valence-corrected chi connectivity index (χ2v) is 19.8. The van der Waals surface area contributed by atoms with E-state index < -0.39 is 37.8 Å². The molecule has 4 atom stereocenters. The van der Waals surface area contributed by atoms with Gasteiger partial charge in [-0.2, -0.15) is 0 Å². The van der Waals surface area contributed by atoms with Gasteiger partial charge in [0.25, 0.3) is 0 Å². The molecule has 0 bridgehead atoms. The van der Waals surface area contributed by atoms with Gasteiger partial charge >= 0.3 is 0 Å². The third-order valence-corrected chi connectivity index (χ3v) is 13.5. The zero-order chi connectivity index (χ0) is 34.2. The molecular weight excluding hydrogens is 600 g/mol. The van der Waals surface area contributed by atoms with Crippen LogP contribution in [0.5, 0.6) is 0 Å². The van der Waals surface area contributed by atoms with Gasteiger partial charge in [-0.15, -0.1) is 0 Å². The molecule has 1 heterocycles. The summed E-state index contributed by atoms with van der Waals surface area (Å²) in [4.78, 5) is 27.7. The minimum atomic E-state index is -2.04. The fourth-order valence-corrected chi connectivity index (χ4v) is 6.16. The van der Waals surface area contributed by atoms with Gasteiger partial charge in [0.05, 0.1) is 38.6 Å². The van der Waals surface area contributed by atoms with Crippen molar-refractivity contribution in [1.82, 2.24) is 0 Å². The number of Topliss-reactive ketones (excluding diaryl/α,β-unsaturated/α-hetero) is 2. The summed E-state index contributed by atoms with van der Waals surface area (Å²) >= 11 is 0. The Hall–Kier alpha value is -2.24. The number of ketones is 2. The molecule has 1 aliphatic heterocycles. The number of hydrogen-bond acceptors (Lipinski definition) is 8. The number of hydrogen-bond donors (Lipinski definition) is 0. The summed E-state index contributed by atoms with van der Waals surface area (Å²) in [6.45, 7) is 19.5. The van der Waals surface area contributed by atoms with Crippen LogP contribution in [0.2, 0.25) is 18.1 Å². The summed E-state index contributed by atoms with van der Waals surface area (Å²) in [5, 5.41) is 0.0423. The molecule has 0 N–H and O–H groups in total. The lowest BCUT2D eigenvalue weighted by Crippen LogP contribution is -2.47. The summed E-state index contributed by atoms with van der Waals surface area (Å²) in [6, 6.07) is 19.5. The number of carbonyl (C=O) groups is 2. The van der Waals surface area contributed by atoms with Crippen molar-refractivity contribution >= 4 is 19.9 Å². The Morgan fingerprint density at radius 1 is 0.870 bits per heavy atom. The molecule has 0 radical (unpaired) electrons. The van der Waals surface area contributed by atoms with Crippen LogP contribution in [0.25, 0.3) is 0 Å². The Labute approximate surface area is 277 Å². The molecule has 0 aromatic heterocycles. The van der Waals surface area contributed by atoms with Crippen LogP contribution in [0.15, 0.2) is 60.7 Å². The van der Waals surface area contributed by atoms with Gasteiger partial charge in [-0.05, 0) is 43.1 Å². The average Bonchev–Trinajstić information content (AvgIpc) is 3.28. The summed E-state index contributed by atoms with van der Waals surface area (Å²) in [6.07, 6.45) is -2.56. The van der Waals surface area contributed by atoms with Crippen molar-refractivity contribution in [2.45, 2.75) is 123 Å². The maximum Gasteiger partial charge on any atom is 0.192 e. The standard InChI is InChI=1S/C37H56O8Si/c1-35(2,3)46(9,10)43-25-32-30(44-37(6,7)45-32)21-29(38)22-31(40-8)33(42-24-28-19-15-12-16-20-28)34(39)36(4,5)26-41-23-27-17-13-11-14-18-27/h11-20,30-33H,21-26H2,1-10H3/t30-,31+,32-,33-/m1/s1. The first-order valence-corrected chi connectivity index (χ1v) is 19.2. The Kier molecular flexibility index (Phi) is 13.5. The van der Waals surface area contributed by atoms with Crippen LogP contribution in [0.1, 0.15) is 72.4 Å². The lowest BCUT2D eigenvalue weighted by atomic mass is 9.83. The Morgan fingerprint density at radius 2 is 1.41 bits per heavy atom. The van der Waals surface area contributed by atoms with Crippen molar-refractivity contribution in [2.75, 3.05) is 20.3 Å². The van der Waals surface area contributed by atoms with Crippen molar-refractivity contribution in [3.05, 3.63) is 71.8 Å². The van der Waals surface area contributed by atoms with Gasteiger partial charge < -0.3 is 28.1 Å². The molecule has 46 heavy (non-hydrogen) atoms. The molecule has 0 unspecified atom stereocenters. The molecule has 1 fully saturated rings. The third-order valence-electron chi connectivity index (χ3n) is 8.97. The molecule has 8 nitrogen and oxygen atoms in total. The highest BCUT2D eigenvalue weighted by molar-refractivity contribution is 6.74. The smallest absolute Gasteiger partial charge is 0.192 e. The number of rotatable bonds is 18. The molecule has 0 amide bonds. The van der Waals surface area contributed by atoms with Crippen LogP contribution in [-0.4, -0.2) is 70.4 Å². The quantitative estimate of drug-likeness (QED) is 0.155. The van der Waals surface area contributed by atoms with Gasteiger partial charge in [0.2, 0.25) is 0 Å². The van der Waals surface area contributed by atoms with E-state index in [0.29, 0.717) is 13.2 Å². The van der Waals surface area contributed by atoms with Crippen molar-refractivity contribution in [3.8, 4) is 0 Å². The fraction of sp³-hybridized carbons (Fsp3) is 0.622. The molecule has 256 valence electrons. The number of ether oxygens (including phenoxy) is 5. The molecule has 0 aliphatic carbocycles. The van der Waals surface area contributed by atoms with E-state index >= 15 is 0 Å². The molecule has 0 spiro atoms. The van der Waals surface area contributed by atoms with E-state index in [0.717, 1.165) is 11.1 Å². The van der Waals surface area contributed by atoms with Crippen LogP contribution in [0.4, 0.5) is 0 Å². The molecule has 2 aromatic carbocycles. The summed E-state index contributed by atoms with van der Waals surface area (Å²) in [7, 11) is -0.526. The topological polar surface area (TPSA) is 89.5 Å². The maximum absolute atomic E-state index is 14.1. The van der Waals surface area contributed by atoms with Gasteiger partial charge in [-0.1, -0.05) is 95.3 Å². The van der Waals surface area contributed by atoms with E-state index in [1.54, 1.807) is 0 Å². The van der Waals surface area contributed by atoms with Crippen molar-refractivity contribution in [1.29, 1.82) is 0 Å². The van der Waals surface area contributed by atoms with Gasteiger partial charge in [0, 0.05) is 25.4 Å². The fourth-order valence-electron chi connectivity index (χ4n) is 5.14. The second kappa shape index (κ2) is 16.2. The van der Waals surface area contributed by atoms with Crippen molar-refractivity contribution in [2.24, 2.45) is 5.41 Å². The predicted octanol–water partition coefficient (Wildman–Crippen LogP) is 7.29. The minimum Gasteiger partial charge on any atom is -0.414 e. The van der Waals surface area contributed by atoms with E-state index in [2.05, 4.69) is 33.9 Å². The molecule has 3 rings (SSSR count). The highest BCUT2D eigenvalue weighted by atomic mass is 28.4. The zero-order valence-corrected chi connectivity index (χ0v) is 30.6. The first-order valence-electron chi connectivity index (χ1n) is 16.3. The van der Waals surface area contributed by atoms with Crippen LogP contribution in [0.3, 0.4) is 0 Å². The lowest BCUT2D eigenvalue weighted by Gasteiger charge is -2.37. The molecular formula is C37H56O8Si. The molecule has 0 saturated carbocycles. The van der Waals surface area contributed by atoms with Crippen LogP contribution < -0.4 is 0 Å². The highest BCUT2D eigenvalue weighted by Gasteiger charge is 2.46. The van der Waals surface area contributed by atoms with E-state index in [-0.39, 0.29) is 48.8 Å². The summed E-state index contributed by atoms with van der Waals surface area (Å²) < 4.78 is 36.9. The number of carbonyl (C=O) groups excluding carboxylic acids is 2. The monoisotopic (exact) mass is 656 g/mol. The van der Waals surface area contributed by atoms with Gasteiger partial charge in [-0.25, -0.2) is 0 Å². The number of benzene rings is 2. The van der Waals surface area contributed by atoms with Crippen LogP contribution in [0, 0.1) is 5.41 Å². The van der Waals surface area contributed by atoms with Crippen LogP contribution in [-0.2, 0) is 50.9 Å². The second-order valence-electron chi connectivity index (χ2n) is 14.9. The zero-order valence-electron chi connectivity index (χ0n) is 29.6. The summed E-state index contributed by atoms with van der Waals surface area (Å²) in [5.74, 6) is -1.12. The molecule has 1 saturated heterocycles. The van der Waals surface area contributed by atoms with Crippen LogP contribution >= 0.6 is 0 Å². The Bertz CT molecular complexity index is 1240. The normalized spacial score (nSPS) is 20.0. The minimum absolute atomic E-state index is 0.0151. The lowest BCUT2D eigenvalue weighted by molar-refractivity contribution is -0.156. The van der Waals surface area contributed by atoms with Gasteiger partial charge in [-0.3, -0.25) is 9.59 Å². The molecule has 9 heteroatoms. The van der Waals surface area contributed by atoms with E-state index in [9.17, 15) is 9.59 Å². The largest absolute Gasteiger partial charge is 0.414 e. The van der Waals surface area contributed by atoms with Gasteiger partial charge in [0.1, 0.15) is 18.0 Å². The van der Waals surface area contributed by atoms with Crippen molar-refractivity contribution < 1.29 is 37.7 Å². The third kappa shape index (κ3) is 11.2.